The lowest BCUT2D eigenvalue weighted by Gasteiger charge is -2.17. The Balaban J connectivity index is 1.43. The first-order chi connectivity index (χ1) is 11.6. The van der Waals surface area contributed by atoms with Crippen molar-refractivity contribution in [2.45, 2.75) is 50.4 Å². The molecule has 5 nitrogen and oxygen atoms in total. The van der Waals surface area contributed by atoms with Gasteiger partial charge in [-0.05, 0) is 24.8 Å². The molecule has 0 aromatic carbocycles. The molecule has 2 fully saturated rings. The number of allylic oxidation sites excluding steroid dienone is 5. The summed E-state index contributed by atoms with van der Waals surface area (Å²) in [5.41, 5.74) is 0.108. The van der Waals surface area contributed by atoms with E-state index in [0.29, 0.717) is 5.92 Å². The van der Waals surface area contributed by atoms with Gasteiger partial charge in [0.2, 0.25) is 11.7 Å². The minimum absolute atomic E-state index is 0.108. The fraction of sp³-hybridized carbons (Fsp3) is 0.474. The maximum atomic E-state index is 11.8. The van der Waals surface area contributed by atoms with E-state index in [4.69, 9.17) is 4.74 Å². The van der Waals surface area contributed by atoms with Crippen molar-refractivity contribution >= 4 is 11.7 Å². The predicted molar refractivity (Wildman–Crippen MR) is 89.9 cm³/mol. The maximum absolute atomic E-state index is 11.8. The molecule has 2 aliphatic carbocycles. The number of hydrogen-bond acceptors (Lipinski definition) is 4. The van der Waals surface area contributed by atoms with Gasteiger partial charge in [-0.25, -0.2) is 0 Å². The molecule has 24 heavy (non-hydrogen) atoms. The van der Waals surface area contributed by atoms with Crippen LogP contribution in [0.15, 0.2) is 48.2 Å². The molecule has 0 radical (unpaired) electrons. The molecule has 0 bridgehead atoms. The van der Waals surface area contributed by atoms with Gasteiger partial charge in [0.05, 0.1) is 5.70 Å². The number of carbonyl (C=O) groups is 2. The van der Waals surface area contributed by atoms with Gasteiger partial charge in [0.1, 0.15) is 12.2 Å². The van der Waals surface area contributed by atoms with Crippen LogP contribution in [0.1, 0.15) is 32.1 Å². The Kier molecular flexibility index (Phi) is 5.43. The lowest BCUT2D eigenvalue weighted by Crippen LogP contribution is -2.35. The number of fused-ring (bicyclic) bond motifs is 1. The standard InChI is InChI=1S/C19H23NO4/c21-15-12-14(17(23)19-18(15)24-19)20-16(22)11-7-2-1-4-8-13-9-5-3-6-10-13/h1-2,4,7-8,11-13,15,18-19,21H,3,5-6,9-10H2,(H,20,22)/b2-1+,8-4+,11-7+/t15-,18-,19+/m1/s1. The van der Waals surface area contributed by atoms with Gasteiger partial charge >= 0.3 is 0 Å². The molecule has 1 amide bonds. The number of rotatable bonds is 5. The zero-order chi connectivity index (χ0) is 16.9. The first kappa shape index (κ1) is 16.9. The minimum Gasteiger partial charge on any atom is -0.386 e. The molecule has 1 saturated carbocycles. The van der Waals surface area contributed by atoms with Crippen molar-refractivity contribution < 1.29 is 19.4 Å². The fourth-order valence-corrected chi connectivity index (χ4v) is 3.19. The predicted octanol–water partition coefficient (Wildman–Crippen LogP) is 1.95. The largest absolute Gasteiger partial charge is 0.386 e. The van der Waals surface area contributed by atoms with E-state index in [9.17, 15) is 14.7 Å². The van der Waals surface area contributed by atoms with Gasteiger partial charge in [0.25, 0.3) is 0 Å². The van der Waals surface area contributed by atoms with Gasteiger partial charge in [-0.2, -0.15) is 0 Å². The summed E-state index contributed by atoms with van der Waals surface area (Å²) in [5, 5.41) is 12.2. The Hall–Kier alpha value is -1.98. The highest BCUT2D eigenvalue weighted by Crippen LogP contribution is 2.32. The number of hydrogen-bond donors (Lipinski definition) is 2. The molecule has 3 atom stereocenters. The Morgan fingerprint density at radius 1 is 1.17 bits per heavy atom. The normalized spacial score (nSPS) is 30.8. The molecular weight excluding hydrogens is 306 g/mol. The summed E-state index contributed by atoms with van der Waals surface area (Å²) in [5.74, 6) is -0.000330. The van der Waals surface area contributed by atoms with E-state index in [1.54, 1.807) is 12.2 Å². The zero-order valence-electron chi connectivity index (χ0n) is 13.6. The number of ketones is 1. The highest BCUT2D eigenvalue weighted by molar-refractivity contribution is 6.06. The highest BCUT2D eigenvalue weighted by Gasteiger charge is 2.53. The molecular formula is C19H23NO4. The number of aliphatic hydroxyl groups is 1. The van der Waals surface area contributed by atoms with E-state index in [1.807, 2.05) is 12.2 Å². The van der Waals surface area contributed by atoms with E-state index >= 15 is 0 Å². The van der Waals surface area contributed by atoms with Crippen LogP contribution >= 0.6 is 0 Å². The van der Waals surface area contributed by atoms with E-state index in [-0.39, 0.29) is 11.5 Å². The molecule has 5 heteroatoms. The summed E-state index contributed by atoms with van der Waals surface area (Å²) in [6, 6.07) is 0. The van der Waals surface area contributed by atoms with Crippen molar-refractivity contribution in [2.24, 2.45) is 5.92 Å². The molecule has 1 aliphatic heterocycles. The van der Waals surface area contributed by atoms with Gasteiger partial charge in [0.15, 0.2) is 6.10 Å². The first-order valence-electron chi connectivity index (χ1n) is 8.57. The van der Waals surface area contributed by atoms with E-state index in [1.165, 1.54) is 44.3 Å². The Morgan fingerprint density at radius 3 is 2.71 bits per heavy atom. The van der Waals surface area contributed by atoms with Gasteiger partial charge < -0.3 is 15.2 Å². The molecule has 0 aromatic rings. The quantitative estimate of drug-likeness (QED) is 0.459. The Bertz CT molecular complexity index is 611. The van der Waals surface area contributed by atoms with Gasteiger partial charge in [0, 0.05) is 6.08 Å². The average molecular weight is 329 g/mol. The van der Waals surface area contributed by atoms with Crippen molar-refractivity contribution in [3.8, 4) is 0 Å². The number of carbonyl (C=O) groups excluding carboxylic acids is 2. The maximum Gasteiger partial charge on any atom is 0.248 e. The number of epoxide rings is 1. The van der Waals surface area contributed by atoms with Crippen LogP contribution in [0.25, 0.3) is 0 Å². The van der Waals surface area contributed by atoms with Crippen molar-refractivity contribution in [3.63, 3.8) is 0 Å². The molecule has 128 valence electrons. The number of Topliss-reactive ketones (excluding diaryl/α,β-unsaturated/α-hetero) is 1. The lowest BCUT2D eigenvalue weighted by atomic mass is 9.89. The fourth-order valence-electron chi connectivity index (χ4n) is 3.19. The highest BCUT2D eigenvalue weighted by atomic mass is 16.6. The average Bonchev–Trinajstić information content (AvgIpc) is 3.38. The van der Waals surface area contributed by atoms with E-state index in [2.05, 4.69) is 11.4 Å². The third-order valence-corrected chi connectivity index (χ3v) is 4.60. The smallest absolute Gasteiger partial charge is 0.248 e. The second kappa shape index (κ2) is 7.73. The molecule has 1 saturated heterocycles. The first-order valence-corrected chi connectivity index (χ1v) is 8.57. The number of aliphatic hydroxyl groups excluding tert-OH is 1. The van der Waals surface area contributed by atoms with Crippen molar-refractivity contribution in [2.75, 3.05) is 0 Å². The molecule has 3 aliphatic rings. The SMILES string of the molecule is O=C(/C=C/C=C/C=C/C1CCCCC1)NC1=C[C@@H](O)[C@H]2O[C@H]2C1=O. The summed E-state index contributed by atoms with van der Waals surface area (Å²) >= 11 is 0. The molecule has 3 rings (SSSR count). The molecule has 2 N–H and O–H groups in total. The summed E-state index contributed by atoms with van der Waals surface area (Å²) < 4.78 is 5.05. The van der Waals surface area contributed by atoms with Crippen molar-refractivity contribution in [1.29, 1.82) is 0 Å². The van der Waals surface area contributed by atoms with Crippen LogP contribution in [0.5, 0.6) is 0 Å². The number of nitrogens with one attached hydrogen (secondary N) is 1. The van der Waals surface area contributed by atoms with Crippen LogP contribution < -0.4 is 5.32 Å². The Morgan fingerprint density at radius 2 is 1.92 bits per heavy atom. The zero-order valence-corrected chi connectivity index (χ0v) is 13.6. The van der Waals surface area contributed by atoms with Crippen LogP contribution in [-0.2, 0) is 14.3 Å². The lowest BCUT2D eigenvalue weighted by molar-refractivity contribution is -0.121. The van der Waals surface area contributed by atoms with Crippen LogP contribution in [0.3, 0.4) is 0 Å². The van der Waals surface area contributed by atoms with Crippen LogP contribution in [0.2, 0.25) is 0 Å². The molecule has 1 heterocycles. The summed E-state index contributed by atoms with van der Waals surface area (Å²) in [4.78, 5) is 23.6. The third kappa shape index (κ3) is 4.30. The second-order valence-electron chi connectivity index (χ2n) is 6.47. The third-order valence-electron chi connectivity index (χ3n) is 4.60. The van der Waals surface area contributed by atoms with Crippen LogP contribution in [0, 0.1) is 5.92 Å². The van der Waals surface area contributed by atoms with E-state index in [0.717, 1.165) is 0 Å². The molecule has 0 unspecified atom stereocenters. The summed E-state index contributed by atoms with van der Waals surface area (Å²) in [6.45, 7) is 0. The topological polar surface area (TPSA) is 78.9 Å². The molecule has 0 spiro atoms. The van der Waals surface area contributed by atoms with Crippen LogP contribution in [-0.4, -0.2) is 35.1 Å². The van der Waals surface area contributed by atoms with Crippen LogP contribution in [0.4, 0.5) is 0 Å². The van der Waals surface area contributed by atoms with Gasteiger partial charge in [-0.1, -0.05) is 49.6 Å². The van der Waals surface area contributed by atoms with E-state index < -0.39 is 24.2 Å². The van der Waals surface area contributed by atoms with Gasteiger partial charge in [-0.3, -0.25) is 9.59 Å². The second-order valence-corrected chi connectivity index (χ2v) is 6.47. The van der Waals surface area contributed by atoms with Gasteiger partial charge in [-0.15, -0.1) is 0 Å². The number of ether oxygens (including phenoxy) is 1. The van der Waals surface area contributed by atoms with Crippen molar-refractivity contribution in [3.05, 3.63) is 48.2 Å². The monoisotopic (exact) mass is 329 g/mol. The van der Waals surface area contributed by atoms with Crippen molar-refractivity contribution in [1.82, 2.24) is 5.32 Å². The number of amides is 1. The summed E-state index contributed by atoms with van der Waals surface area (Å²) in [7, 11) is 0. The Labute approximate surface area is 141 Å². The minimum atomic E-state index is -0.836. The molecule has 0 aromatic heterocycles. The summed E-state index contributed by atoms with van der Waals surface area (Å²) in [6.07, 6.45) is 16.9.